The highest BCUT2D eigenvalue weighted by Gasteiger charge is 2.22. The molecular weight excluding hydrogens is 390 g/mol. The van der Waals surface area contributed by atoms with Crippen molar-refractivity contribution in [3.8, 4) is 11.5 Å². The first-order valence-corrected chi connectivity index (χ1v) is 11.2. The number of aryl methyl sites for hydroxylation is 1. The molecule has 0 unspecified atom stereocenters. The van der Waals surface area contributed by atoms with Gasteiger partial charge in [0.1, 0.15) is 13.2 Å². The summed E-state index contributed by atoms with van der Waals surface area (Å²) in [6.07, 6.45) is 7.89. The van der Waals surface area contributed by atoms with E-state index in [1.165, 1.54) is 32.1 Å². The number of pyridine rings is 1. The zero-order valence-electron chi connectivity index (χ0n) is 17.9. The first kappa shape index (κ1) is 19.9. The van der Waals surface area contributed by atoms with Crippen LogP contribution in [0.2, 0.25) is 0 Å². The summed E-state index contributed by atoms with van der Waals surface area (Å²) in [6, 6.07) is 11.0. The molecule has 0 amide bonds. The lowest BCUT2D eigenvalue weighted by molar-refractivity contribution is 0.103. The van der Waals surface area contributed by atoms with Gasteiger partial charge in [0.05, 0.1) is 16.5 Å². The SMILES string of the molecule is Cc1ccc(C(=O)c2cn(CC3CCCCC3)c3cc4c(cc3c2=O)OCCO4)cc1. The minimum atomic E-state index is -0.252. The molecule has 1 fully saturated rings. The number of ketones is 1. The second kappa shape index (κ2) is 8.22. The molecule has 1 aliphatic heterocycles. The van der Waals surface area contributed by atoms with Gasteiger partial charge in [0.15, 0.2) is 17.3 Å². The molecule has 5 nitrogen and oxygen atoms in total. The van der Waals surface area contributed by atoms with Crippen molar-refractivity contribution in [1.29, 1.82) is 0 Å². The van der Waals surface area contributed by atoms with Crippen molar-refractivity contribution in [3.63, 3.8) is 0 Å². The molecule has 0 spiro atoms. The van der Waals surface area contributed by atoms with E-state index in [1.54, 1.807) is 24.4 Å². The van der Waals surface area contributed by atoms with E-state index in [-0.39, 0.29) is 16.8 Å². The molecule has 0 saturated heterocycles. The number of benzene rings is 2. The number of ether oxygens (including phenoxy) is 2. The van der Waals surface area contributed by atoms with Crippen LogP contribution in [0.3, 0.4) is 0 Å². The van der Waals surface area contributed by atoms with Crippen LogP contribution in [0, 0.1) is 12.8 Å². The molecule has 2 aliphatic rings. The van der Waals surface area contributed by atoms with Gasteiger partial charge < -0.3 is 14.0 Å². The van der Waals surface area contributed by atoms with Crippen molar-refractivity contribution in [2.75, 3.05) is 13.2 Å². The van der Waals surface area contributed by atoms with Gasteiger partial charge in [0.25, 0.3) is 0 Å². The van der Waals surface area contributed by atoms with E-state index in [2.05, 4.69) is 4.57 Å². The van der Waals surface area contributed by atoms with Crippen molar-refractivity contribution in [2.45, 2.75) is 45.6 Å². The van der Waals surface area contributed by atoms with Gasteiger partial charge in [-0.3, -0.25) is 9.59 Å². The molecule has 3 aromatic rings. The van der Waals surface area contributed by atoms with Gasteiger partial charge in [-0.15, -0.1) is 0 Å². The lowest BCUT2D eigenvalue weighted by Crippen LogP contribution is -2.23. The van der Waals surface area contributed by atoms with E-state index in [1.807, 2.05) is 25.1 Å². The molecule has 0 atom stereocenters. The summed E-state index contributed by atoms with van der Waals surface area (Å²) in [7, 11) is 0. The zero-order valence-corrected chi connectivity index (χ0v) is 17.9. The summed E-state index contributed by atoms with van der Waals surface area (Å²) >= 11 is 0. The number of nitrogens with zero attached hydrogens (tertiary/aromatic N) is 1. The van der Waals surface area contributed by atoms with Crippen LogP contribution < -0.4 is 14.9 Å². The summed E-state index contributed by atoms with van der Waals surface area (Å²) in [4.78, 5) is 26.7. The van der Waals surface area contributed by atoms with Crippen LogP contribution in [0.5, 0.6) is 11.5 Å². The van der Waals surface area contributed by atoms with Crippen LogP contribution >= 0.6 is 0 Å². The Bertz CT molecular complexity index is 1190. The fourth-order valence-corrected chi connectivity index (χ4v) is 4.75. The van der Waals surface area contributed by atoms with Gasteiger partial charge in [0.2, 0.25) is 5.43 Å². The first-order valence-electron chi connectivity index (χ1n) is 11.2. The predicted octanol–water partition coefficient (Wildman–Crippen LogP) is 4.89. The third-order valence-electron chi connectivity index (χ3n) is 6.48. The summed E-state index contributed by atoms with van der Waals surface area (Å²) in [5.74, 6) is 1.54. The molecule has 0 radical (unpaired) electrons. The number of rotatable bonds is 4. The molecular formula is C26H27NO4. The quantitative estimate of drug-likeness (QED) is 0.567. The molecule has 1 saturated carbocycles. The highest BCUT2D eigenvalue weighted by Crippen LogP contribution is 2.35. The number of aromatic nitrogens is 1. The second-order valence-corrected chi connectivity index (χ2v) is 8.74. The van der Waals surface area contributed by atoms with Gasteiger partial charge in [-0.2, -0.15) is 0 Å². The Kier molecular flexibility index (Phi) is 5.26. The largest absolute Gasteiger partial charge is 0.486 e. The van der Waals surface area contributed by atoms with Gasteiger partial charge >= 0.3 is 0 Å². The Morgan fingerprint density at radius 1 is 1.00 bits per heavy atom. The topological polar surface area (TPSA) is 57.5 Å². The highest BCUT2D eigenvalue weighted by atomic mass is 16.6. The van der Waals surface area contributed by atoms with E-state index in [9.17, 15) is 9.59 Å². The molecule has 160 valence electrons. The van der Waals surface area contributed by atoms with E-state index < -0.39 is 0 Å². The van der Waals surface area contributed by atoms with Crippen molar-refractivity contribution >= 4 is 16.7 Å². The highest BCUT2D eigenvalue weighted by molar-refractivity contribution is 6.10. The summed E-state index contributed by atoms with van der Waals surface area (Å²) in [5, 5.41) is 0.512. The number of carbonyl (C=O) groups excluding carboxylic acids is 1. The zero-order chi connectivity index (χ0) is 21.4. The van der Waals surface area contributed by atoms with Crippen molar-refractivity contribution < 1.29 is 14.3 Å². The fraction of sp³-hybridized carbons (Fsp3) is 0.385. The molecule has 2 heterocycles. The standard InChI is InChI=1S/C26H27NO4/c1-17-7-9-19(10-8-17)25(28)21-16-27(15-18-5-3-2-4-6-18)22-14-24-23(30-11-12-31-24)13-20(22)26(21)29/h7-10,13-14,16,18H,2-6,11-12,15H2,1H3. The Labute approximate surface area is 181 Å². The van der Waals surface area contributed by atoms with Gasteiger partial charge in [-0.05, 0) is 31.7 Å². The fourth-order valence-electron chi connectivity index (χ4n) is 4.75. The van der Waals surface area contributed by atoms with Gasteiger partial charge in [-0.25, -0.2) is 0 Å². The van der Waals surface area contributed by atoms with E-state index in [4.69, 9.17) is 9.47 Å². The average molecular weight is 418 g/mol. The van der Waals surface area contributed by atoms with Crippen LogP contribution in [0.15, 0.2) is 47.4 Å². The Balaban J connectivity index is 1.66. The van der Waals surface area contributed by atoms with Gasteiger partial charge in [-0.1, -0.05) is 49.1 Å². The number of hydrogen-bond donors (Lipinski definition) is 0. The lowest BCUT2D eigenvalue weighted by Gasteiger charge is -2.25. The third kappa shape index (κ3) is 3.85. The Morgan fingerprint density at radius 2 is 1.68 bits per heavy atom. The molecule has 31 heavy (non-hydrogen) atoms. The lowest BCUT2D eigenvalue weighted by atomic mass is 9.89. The molecule has 5 rings (SSSR count). The smallest absolute Gasteiger partial charge is 0.200 e. The Morgan fingerprint density at radius 3 is 2.39 bits per heavy atom. The normalized spacial score (nSPS) is 16.4. The van der Waals surface area contributed by atoms with Crippen molar-refractivity contribution in [2.24, 2.45) is 5.92 Å². The minimum Gasteiger partial charge on any atom is -0.486 e. The van der Waals surface area contributed by atoms with Crippen LogP contribution in [-0.2, 0) is 6.54 Å². The maximum atomic E-state index is 13.4. The monoisotopic (exact) mass is 417 g/mol. The number of fused-ring (bicyclic) bond motifs is 2. The van der Waals surface area contributed by atoms with Crippen LogP contribution in [-0.4, -0.2) is 23.6 Å². The summed E-state index contributed by atoms with van der Waals surface area (Å²) < 4.78 is 13.6. The van der Waals surface area contributed by atoms with E-state index >= 15 is 0 Å². The number of hydrogen-bond acceptors (Lipinski definition) is 4. The molecule has 1 aromatic heterocycles. The van der Waals surface area contributed by atoms with Crippen LogP contribution in [0.4, 0.5) is 0 Å². The maximum absolute atomic E-state index is 13.4. The van der Waals surface area contributed by atoms with Crippen LogP contribution in [0.1, 0.15) is 53.6 Å². The summed E-state index contributed by atoms with van der Waals surface area (Å²) in [5.41, 5.74) is 2.37. The maximum Gasteiger partial charge on any atom is 0.200 e. The second-order valence-electron chi connectivity index (χ2n) is 8.74. The molecule has 5 heteroatoms. The Hall–Kier alpha value is -3.08. The first-order chi connectivity index (χ1) is 15.1. The average Bonchev–Trinajstić information content (AvgIpc) is 2.80. The van der Waals surface area contributed by atoms with Gasteiger partial charge in [0, 0.05) is 24.4 Å². The molecule has 0 bridgehead atoms. The van der Waals surface area contributed by atoms with Crippen molar-refractivity contribution in [1.82, 2.24) is 4.57 Å². The molecule has 1 aliphatic carbocycles. The predicted molar refractivity (Wildman–Crippen MR) is 120 cm³/mol. The third-order valence-corrected chi connectivity index (χ3v) is 6.48. The molecule has 2 aromatic carbocycles. The van der Waals surface area contributed by atoms with Crippen LogP contribution in [0.25, 0.3) is 10.9 Å². The van der Waals surface area contributed by atoms with Crippen molar-refractivity contribution in [3.05, 3.63) is 69.5 Å². The summed E-state index contributed by atoms with van der Waals surface area (Å²) in [6.45, 7) is 3.73. The minimum absolute atomic E-state index is 0.212. The number of carbonyl (C=O) groups is 1. The molecule has 0 N–H and O–H groups in total. The van der Waals surface area contributed by atoms with E-state index in [0.717, 1.165) is 17.6 Å². The van der Waals surface area contributed by atoms with E-state index in [0.29, 0.717) is 41.6 Å².